The van der Waals surface area contributed by atoms with Crippen molar-refractivity contribution < 1.29 is 0 Å². The first kappa shape index (κ1) is 11.2. The van der Waals surface area contributed by atoms with E-state index in [9.17, 15) is 0 Å². The minimum atomic E-state index is 0.0325. The van der Waals surface area contributed by atoms with Gasteiger partial charge in [0.05, 0.1) is 6.04 Å². The molecule has 0 amide bonds. The molecule has 2 N–H and O–H groups in total. The molecule has 18 heavy (non-hydrogen) atoms. The fourth-order valence-corrected chi connectivity index (χ4v) is 2.21. The number of benzene rings is 1. The largest absolute Gasteiger partial charge is 0.321 e. The fraction of sp³-hybridized carbons (Fsp3) is 0.286. The highest BCUT2D eigenvalue weighted by atomic mass is 15.4. The van der Waals surface area contributed by atoms with Crippen molar-refractivity contribution in [2.24, 2.45) is 5.73 Å². The number of fused-ring (bicyclic) bond motifs is 1. The summed E-state index contributed by atoms with van der Waals surface area (Å²) in [6.07, 6.45) is 6.04. The average Bonchev–Trinajstić information content (AvgIpc) is 2.82. The monoisotopic (exact) mass is 240 g/mol. The van der Waals surface area contributed by atoms with E-state index in [1.165, 1.54) is 0 Å². The lowest BCUT2D eigenvalue weighted by Crippen LogP contribution is -2.22. The maximum absolute atomic E-state index is 6.02. The van der Waals surface area contributed by atoms with Gasteiger partial charge < -0.3 is 5.73 Å². The average molecular weight is 240 g/mol. The molecular formula is C14H16N4. The van der Waals surface area contributed by atoms with Gasteiger partial charge >= 0.3 is 0 Å². The first-order valence-corrected chi connectivity index (χ1v) is 6.26. The first-order valence-electron chi connectivity index (χ1n) is 6.26. The number of aryl methyl sites for hydroxylation is 1. The SMILES string of the molecule is NC1CCCn2nc(/C=C/c3ccccc3)nc21. The Kier molecular flexibility index (Phi) is 2.94. The van der Waals surface area contributed by atoms with Crippen molar-refractivity contribution in [3.05, 3.63) is 47.5 Å². The Bertz CT molecular complexity index is 556. The minimum Gasteiger partial charge on any atom is -0.321 e. The highest BCUT2D eigenvalue weighted by Gasteiger charge is 2.19. The van der Waals surface area contributed by atoms with Crippen LogP contribution in [0.15, 0.2) is 30.3 Å². The van der Waals surface area contributed by atoms with Crippen molar-refractivity contribution in [2.75, 3.05) is 0 Å². The molecule has 1 aliphatic rings. The third kappa shape index (κ3) is 2.19. The minimum absolute atomic E-state index is 0.0325. The molecule has 1 atom stereocenters. The normalized spacial score (nSPS) is 19.1. The van der Waals surface area contributed by atoms with Gasteiger partial charge in [0, 0.05) is 6.54 Å². The van der Waals surface area contributed by atoms with E-state index in [1.54, 1.807) is 0 Å². The summed E-state index contributed by atoms with van der Waals surface area (Å²) in [4.78, 5) is 4.49. The molecule has 1 unspecified atom stereocenters. The van der Waals surface area contributed by atoms with Crippen LogP contribution in [-0.2, 0) is 6.54 Å². The van der Waals surface area contributed by atoms with Gasteiger partial charge in [0.15, 0.2) is 5.82 Å². The maximum Gasteiger partial charge on any atom is 0.174 e. The summed E-state index contributed by atoms with van der Waals surface area (Å²) < 4.78 is 1.93. The van der Waals surface area contributed by atoms with E-state index >= 15 is 0 Å². The summed E-state index contributed by atoms with van der Waals surface area (Å²) in [7, 11) is 0. The molecule has 4 nitrogen and oxygen atoms in total. The van der Waals surface area contributed by atoms with Crippen LogP contribution in [0.4, 0.5) is 0 Å². The molecule has 0 bridgehead atoms. The summed E-state index contributed by atoms with van der Waals surface area (Å²) in [5.41, 5.74) is 7.17. The van der Waals surface area contributed by atoms with E-state index in [1.807, 2.05) is 35.0 Å². The number of aromatic nitrogens is 3. The molecule has 0 aliphatic carbocycles. The molecule has 4 heteroatoms. The van der Waals surface area contributed by atoms with Crippen LogP contribution in [0.1, 0.15) is 36.1 Å². The third-order valence-electron chi connectivity index (χ3n) is 3.16. The number of nitrogens with two attached hydrogens (primary N) is 1. The van der Waals surface area contributed by atoms with Gasteiger partial charge in [-0.15, -0.1) is 0 Å². The van der Waals surface area contributed by atoms with Crippen LogP contribution in [0.2, 0.25) is 0 Å². The van der Waals surface area contributed by atoms with E-state index < -0.39 is 0 Å². The van der Waals surface area contributed by atoms with E-state index in [-0.39, 0.29) is 6.04 Å². The van der Waals surface area contributed by atoms with Crippen LogP contribution >= 0.6 is 0 Å². The number of hydrogen-bond acceptors (Lipinski definition) is 3. The lowest BCUT2D eigenvalue weighted by Gasteiger charge is -2.17. The highest BCUT2D eigenvalue weighted by Crippen LogP contribution is 2.20. The maximum atomic E-state index is 6.02. The Morgan fingerprint density at radius 3 is 2.83 bits per heavy atom. The van der Waals surface area contributed by atoms with Crippen molar-refractivity contribution in [3.63, 3.8) is 0 Å². The Morgan fingerprint density at radius 2 is 2.06 bits per heavy atom. The van der Waals surface area contributed by atoms with Gasteiger partial charge in [-0.25, -0.2) is 9.67 Å². The van der Waals surface area contributed by atoms with E-state index in [2.05, 4.69) is 22.2 Å². The molecule has 3 rings (SSSR count). The van der Waals surface area contributed by atoms with Crippen LogP contribution in [-0.4, -0.2) is 14.8 Å². The summed E-state index contributed by atoms with van der Waals surface area (Å²) in [5, 5.41) is 4.46. The molecule has 1 aromatic carbocycles. The summed E-state index contributed by atoms with van der Waals surface area (Å²) in [6, 6.07) is 10.2. The van der Waals surface area contributed by atoms with E-state index in [0.29, 0.717) is 0 Å². The topological polar surface area (TPSA) is 56.7 Å². The van der Waals surface area contributed by atoms with Gasteiger partial charge in [-0.1, -0.05) is 36.4 Å². The molecular weight excluding hydrogens is 224 g/mol. The van der Waals surface area contributed by atoms with Gasteiger partial charge in [0.2, 0.25) is 0 Å². The molecule has 2 heterocycles. The van der Waals surface area contributed by atoms with Crippen LogP contribution in [0, 0.1) is 0 Å². The Labute approximate surface area is 106 Å². The fourth-order valence-electron chi connectivity index (χ4n) is 2.21. The predicted molar refractivity (Wildman–Crippen MR) is 71.6 cm³/mol. The van der Waals surface area contributed by atoms with Gasteiger partial charge in [0.1, 0.15) is 5.82 Å². The Balaban J connectivity index is 1.84. The molecule has 1 aromatic heterocycles. The molecule has 0 fully saturated rings. The molecule has 1 aliphatic heterocycles. The Morgan fingerprint density at radius 1 is 1.22 bits per heavy atom. The number of nitrogens with zero attached hydrogens (tertiary/aromatic N) is 3. The zero-order chi connectivity index (χ0) is 12.4. The summed E-state index contributed by atoms with van der Waals surface area (Å²) >= 11 is 0. The number of hydrogen-bond donors (Lipinski definition) is 1. The van der Waals surface area contributed by atoms with Gasteiger partial charge in [0.25, 0.3) is 0 Å². The lowest BCUT2D eigenvalue weighted by atomic mass is 10.1. The summed E-state index contributed by atoms with van der Waals surface area (Å²) in [6.45, 7) is 0.926. The zero-order valence-corrected chi connectivity index (χ0v) is 10.2. The van der Waals surface area contributed by atoms with Crippen molar-refractivity contribution in [1.82, 2.24) is 14.8 Å². The van der Waals surface area contributed by atoms with Crippen molar-refractivity contribution in [2.45, 2.75) is 25.4 Å². The van der Waals surface area contributed by atoms with Gasteiger partial charge in [-0.2, -0.15) is 5.10 Å². The zero-order valence-electron chi connectivity index (χ0n) is 10.2. The molecule has 0 saturated heterocycles. The molecule has 0 spiro atoms. The van der Waals surface area contributed by atoms with Gasteiger partial charge in [-0.05, 0) is 24.5 Å². The summed E-state index contributed by atoms with van der Waals surface area (Å²) in [5.74, 6) is 1.65. The Hall–Kier alpha value is -1.94. The second kappa shape index (κ2) is 4.74. The van der Waals surface area contributed by atoms with Crippen molar-refractivity contribution in [3.8, 4) is 0 Å². The van der Waals surface area contributed by atoms with E-state index in [4.69, 9.17) is 5.73 Å². The molecule has 0 saturated carbocycles. The third-order valence-corrected chi connectivity index (χ3v) is 3.16. The quantitative estimate of drug-likeness (QED) is 0.875. The van der Waals surface area contributed by atoms with E-state index in [0.717, 1.165) is 36.6 Å². The molecule has 92 valence electrons. The lowest BCUT2D eigenvalue weighted by molar-refractivity contribution is 0.422. The first-order chi connectivity index (χ1) is 8.83. The van der Waals surface area contributed by atoms with Crippen LogP contribution in [0.25, 0.3) is 12.2 Å². The van der Waals surface area contributed by atoms with Crippen LogP contribution in [0.5, 0.6) is 0 Å². The second-order valence-electron chi connectivity index (χ2n) is 4.54. The molecule has 2 aromatic rings. The van der Waals surface area contributed by atoms with Crippen LogP contribution < -0.4 is 5.73 Å². The number of rotatable bonds is 2. The predicted octanol–water partition coefficient (Wildman–Crippen LogP) is 2.24. The van der Waals surface area contributed by atoms with Crippen LogP contribution in [0.3, 0.4) is 0 Å². The molecule has 0 radical (unpaired) electrons. The van der Waals surface area contributed by atoms with Crippen molar-refractivity contribution >= 4 is 12.2 Å². The second-order valence-corrected chi connectivity index (χ2v) is 4.54. The standard InChI is InChI=1S/C14H16N4/c15-12-7-4-10-18-14(12)16-13(17-18)9-8-11-5-2-1-3-6-11/h1-3,5-6,8-9,12H,4,7,10,15H2/b9-8+. The smallest absolute Gasteiger partial charge is 0.174 e. The highest BCUT2D eigenvalue weighted by molar-refractivity contribution is 5.66. The van der Waals surface area contributed by atoms with Gasteiger partial charge in [-0.3, -0.25) is 0 Å². The van der Waals surface area contributed by atoms with Crippen molar-refractivity contribution in [1.29, 1.82) is 0 Å².